The molecule has 1 N–H and O–H groups in total. The minimum atomic E-state index is 0.127. The van der Waals surface area contributed by atoms with Crippen LogP contribution in [0.4, 0.5) is 5.69 Å². The van der Waals surface area contributed by atoms with E-state index in [1.54, 1.807) is 0 Å². The number of nitrogens with zero attached hydrogens (tertiary/aromatic N) is 6. The Kier molecular flexibility index (Phi) is 10.4. The average molecular weight is 556 g/mol. The molecule has 0 unspecified atom stereocenters. The van der Waals surface area contributed by atoms with Crippen LogP contribution in [0.2, 0.25) is 0 Å². The van der Waals surface area contributed by atoms with Crippen LogP contribution in [0.5, 0.6) is 5.75 Å². The van der Waals surface area contributed by atoms with Gasteiger partial charge in [-0.25, -0.2) is 0 Å². The van der Waals surface area contributed by atoms with Gasteiger partial charge in [0.2, 0.25) is 5.91 Å². The van der Waals surface area contributed by atoms with E-state index in [-0.39, 0.29) is 5.92 Å². The second kappa shape index (κ2) is 14.0. The van der Waals surface area contributed by atoms with Crippen LogP contribution < -0.4 is 15.0 Å². The van der Waals surface area contributed by atoms with Crippen LogP contribution in [-0.2, 0) is 11.3 Å². The van der Waals surface area contributed by atoms with E-state index in [0.29, 0.717) is 25.1 Å². The predicted molar refractivity (Wildman–Crippen MR) is 160 cm³/mol. The summed E-state index contributed by atoms with van der Waals surface area (Å²) >= 11 is 5.60. The molecule has 2 fully saturated rings. The highest BCUT2D eigenvalue weighted by Crippen LogP contribution is 2.30. The number of rotatable bonds is 10. The molecule has 2 aromatic rings. The lowest BCUT2D eigenvalue weighted by atomic mass is 9.84. The second-order valence-electron chi connectivity index (χ2n) is 10.8. The van der Waals surface area contributed by atoms with Gasteiger partial charge in [0.25, 0.3) is 0 Å². The van der Waals surface area contributed by atoms with Crippen LogP contribution in [0.15, 0.2) is 36.7 Å². The first-order valence-corrected chi connectivity index (χ1v) is 14.7. The Balaban J connectivity index is 1.24. The van der Waals surface area contributed by atoms with E-state index in [9.17, 15) is 4.79 Å². The van der Waals surface area contributed by atoms with Crippen molar-refractivity contribution < 1.29 is 9.53 Å². The van der Waals surface area contributed by atoms with E-state index in [1.807, 2.05) is 37.0 Å². The number of hydrogen-bond acceptors (Lipinski definition) is 6. The lowest BCUT2D eigenvalue weighted by molar-refractivity contribution is -0.137. The number of likely N-dealkylation sites (N-methyl/N-ethyl adjacent to an activating group) is 1. The highest BCUT2D eigenvalue weighted by Gasteiger charge is 2.33. The van der Waals surface area contributed by atoms with Gasteiger partial charge in [0, 0.05) is 64.5 Å². The maximum absolute atomic E-state index is 13.4. The van der Waals surface area contributed by atoms with Crippen molar-refractivity contribution in [2.24, 2.45) is 5.92 Å². The van der Waals surface area contributed by atoms with Gasteiger partial charge in [-0.2, -0.15) is 5.10 Å². The molecule has 10 heteroatoms. The first-order chi connectivity index (χ1) is 18.9. The Bertz CT molecular complexity index is 1080. The smallest absolute Gasteiger partial charge is 0.225 e. The van der Waals surface area contributed by atoms with Gasteiger partial charge in [0.15, 0.2) is 5.11 Å². The number of aromatic nitrogens is 2. The standard InChI is InChI=1S/C29H45N7O2S/c1-5-38-27-8-6-7-23(19-27)21-35-22-26(20-31-35)33-14-16-34(17-15-33)28(37)24-9-11-25(12-10-24)36(29(39)30-2)18-13-32(3)4/h6-8,19-20,22,24-25H,5,9-18,21H2,1-4H3,(H,30,39)/t24-,25-. The summed E-state index contributed by atoms with van der Waals surface area (Å²) < 4.78 is 7.59. The van der Waals surface area contributed by atoms with Gasteiger partial charge in [0.1, 0.15) is 5.75 Å². The molecular weight excluding hydrogens is 510 g/mol. The molecule has 0 bridgehead atoms. The Morgan fingerprint density at radius 2 is 1.87 bits per heavy atom. The number of hydrogen-bond donors (Lipinski definition) is 1. The third-order valence-electron chi connectivity index (χ3n) is 7.88. The molecule has 1 aromatic carbocycles. The fourth-order valence-corrected chi connectivity index (χ4v) is 5.91. The SMILES string of the molecule is CCOc1cccc(Cn2cc(N3CCN(C(=O)[C@H]4CC[C@H](N(CCN(C)C)C(=S)NC)CC4)CC3)cn2)c1. The lowest BCUT2D eigenvalue weighted by Gasteiger charge is -2.41. The van der Waals surface area contributed by atoms with Crippen molar-refractivity contribution in [1.82, 2.24) is 29.8 Å². The number of carbonyl (C=O) groups excluding carboxylic acids is 1. The largest absolute Gasteiger partial charge is 0.494 e. The maximum atomic E-state index is 13.4. The molecular formula is C29H45N7O2S. The number of nitrogens with one attached hydrogen (secondary N) is 1. The third-order valence-corrected chi connectivity index (χ3v) is 8.32. The normalized spacial score (nSPS) is 19.7. The summed E-state index contributed by atoms with van der Waals surface area (Å²) in [5.74, 6) is 1.34. The van der Waals surface area contributed by atoms with Crippen molar-refractivity contribution in [3.05, 3.63) is 42.2 Å². The molecule has 2 heterocycles. The number of ether oxygens (including phenoxy) is 1. The Labute approximate surface area is 239 Å². The maximum Gasteiger partial charge on any atom is 0.225 e. The average Bonchev–Trinajstić information content (AvgIpc) is 3.41. The van der Waals surface area contributed by atoms with E-state index in [0.717, 1.165) is 87.1 Å². The van der Waals surface area contributed by atoms with E-state index in [1.165, 1.54) is 0 Å². The molecule has 1 aliphatic heterocycles. The molecule has 4 rings (SSSR count). The van der Waals surface area contributed by atoms with Gasteiger partial charge in [-0.15, -0.1) is 0 Å². The predicted octanol–water partition coefficient (Wildman–Crippen LogP) is 2.91. The zero-order chi connectivity index (χ0) is 27.8. The molecule has 9 nitrogen and oxygen atoms in total. The number of carbonyl (C=O) groups is 1. The van der Waals surface area contributed by atoms with E-state index in [4.69, 9.17) is 17.0 Å². The first-order valence-electron chi connectivity index (χ1n) is 14.3. The van der Waals surface area contributed by atoms with E-state index >= 15 is 0 Å². The van der Waals surface area contributed by atoms with Gasteiger partial charge in [-0.3, -0.25) is 9.48 Å². The van der Waals surface area contributed by atoms with Gasteiger partial charge >= 0.3 is 0 Å². The second-order valence-corrected chi connectivity index (χ2v) is 11.2. The van der Waals surface area contributed by atoms with Crippen molar-refractivity contribution in [3.63, 3.8) is 0 Å². The molecule has 1 aromatic heterocycles. The van der Waals surface area contributed by atoms with E-state index in [2.05, 4.69) is 62.4 Å². The topological polar surface area (TPSA) is 69.1 Å². The van der Waals surface area contributed by atoms with Crippen molar-refractivity contribution in [2.75, 3.05) is 71.9 Å². The number of benzene rings is 1. The van der Waals surface area contributed by atoms with Crippen molar-refractivity contribution in [3.8, 4) is 5.75 Å². The zero-order valence-electron chi connectivity index (χ0n) is 24.0. The van der Waals surface area contributed by atoms with Crippen molar-refractivity contribution >= 4 is 28.9 Å². The van der Waals surface area contributed by atoms with Crippen LogP contribution in [-0.4, -0.2) is 109 Å². The van der Waals surface area contributed by atoms with Crippen LogP contribution in [0.3, 0.4) is 0 Å². The van der Waals surface area contributed by atoms with Crippen LogP contribution >= 0.6 is 12.2 Å². The quantitative estimate of drug-likeness (QED) is 0.449. The van der Waals surface area contributed by atoms with E-state index < -0.39 is 0 Å². The summed E-state index contributed by atoms with van der Waals surface area (Å²) in [6.07, 6.45) is 7.93. The number of anilines is 1. The number of thiocarbonyl (C=S) groups is 1. The summed E-state index contributed by atoms with van der Waals surface area (Å²) in [7, 11) is 6.07. The van der Waals surface area contributed by atoms with Crippen LogP contribution in [0.1, 0.15) is 38.2 Å². The molecule has 2 aliphatic rings. The Morgan fingerprint density at radius 3 is 2.54 bits per heavy atom. The molecule has 0 atom stereocenters. The van der Waals surface area contributed by atoms with Crippen molar-refractivity contribution in [1.29, 1.82) is 0 Å². The highest BCUT2D eigenvalue weighted by atomic mass is 32.1. The molecule has 1 aliphatic carbocycles. The summed E-state index contributed by atoms with van der Waals surface area (Å²) in [5, 5.41) is 8.55. The Hall–Kier alpha value is -2.85. The lowest BCUT2D eigenvalue weighted by Crippen LogP contribution is -2.52. The van der Waals surface area contributed by atoms with Gasteiger partial charge in [-0.1, -0.05) is 12.1 Å². The monoisotopic (exact) mass is 555 g/mol. The summed E-state index contributed by atoms with van der Waals surface area (Å²) in [4.78, 5) is 22.3. The summed E-state index contributed by atoms with van der Waals surface area (Å²) in [5.41, 5.74) is 2.27. The molecule has 0 radical (unpaired) electrons. The first kappa shape index (κ1) is 29.1. The number of piperazine rings is 1. The minimum absolute atomic E-state index is 0.127. The summed E-state index contributed by atoms with van der Waals surface area (Å²) in [6, 6.07) is 8.57. The third kappa shape index (κ3) is 7.85. The number of amides is 1. The molecule has 1 amide bonds. The molecule has 1 saturated heterocycles. The van der Waals surface area contributed by atoms with Crippen LogP contribution in [0.25, 0.3) is 0 Å². The molecule has 214 valence electrons. The van der Waals surface area contributed by atoms with Gasteiger partial charge < -0.3 is 29.7 Å². The zero-order valence-corrected chi connectivity index (χ0v) is 24.8. The highest BCUT2D eigenvalue weighted by molar-refractivity contribution is 7.80. The van der Waals surface area contributed by atoms with Gasteiger partial charge in [0.05, 0.1) is 25.0 Å². The minimum Gasteiger partial charge on any atom is -0.494 e. The van der Waals surface area contributed by atoms with Crippen LogP contribution in [0, 0.1) is 5.92 Å². The summed E-state index contributed by atoms with van der Waals surface area (Å²) in [6.45, 7) is 8.42. The fourth-order valence-electron chi connectivity index (χ4n) is 5.67. The Morgan fingerprint density at radius 1 is 1.13 bits per heavy atom. The van der Waals surface area contributed by atoms with Gasteiger partial charge in [-0.05, 0) is 76.6 Å². The van der Waals surface area contributed by atoms with Crippen molar-refractivity contribution in [2.45, 2.75) is 45.2 Å². The molecule has 0 spiro atoms. The fraction of sp³-hybridized carbons (Fsp3) is 0.621. The molecule has 39 heavy (non-hydrogen) atoms. The molecule has 1 saturated carbocycles.